The lowest BCUT2D eigenvalue weighted by atomic mass is 10.2. The van der Waals surface area contributed by atoms with Gasteiger partial charge in [0.2, 0.25) is 0 Å². The summed E-state index contributed by atoms with van der Waals surface area (Å²) in [6, 6.07) is 1.58. The van der Waals surface area contributed by atoms with Crippen molar-refractivity contribution in [2.75, 3.05) is 0 Å². The second kappa shape index (κ2) is 3.95. The van der Waals surface area contributed by atoms with Gasteiger partial charge in [0.1, 0.15) is 0 Å². The smallest absolute Gasteiger partial charge is 0.0692 e. The van der Waals surface area contributed by atoms with Gasteiger partial charge in [-0.3, -0.25) is 0 Å². The Kier molecular flexibility index (Phi) is 4.24. The van der Waals surface area contributed by atoms with Crippen LogP contribution in [0.2, 0.25) is 24.7 Å². The Bertz CT molecular complexity index is 101. The lowest BCUT2D eigenvalue weighted by Gasteiger charge is -2.34. The second-order valence-electron chi connectivity index (χ2n) is 4.14. The van der Waals surface area contributed by atoms with E-state index in [1.54, 1.807) is 6.04 Å². The zero-order valence-corrected chi connectivity index (χ0v) is 7.91. The summed E-state index contributed by atoms with van der Waals surface area (Å²) < 4.78 is 0. The van der Waals surface area contributed by atoms with Crippen LogP contribution in [-0.4, -0.2) is 25.4 Å². The van der Waals surface area contributed by atoms with Crippen LogP contribution in [0.15, 0.2) is 0 Å². The van der Waals surface area contributed by atoms with Crippen LogP contribution < -0.4 is 0 Å². The Morgan fingerprint density at radius 3 is 2.10 bits per heavy atom. The molecule has 0 nitrogen and oxygen atoms in total. The first-order valence-electron chi connectivity index (χ1n) is 4.13. The van der Waals surface area contributed by atoms with E-state index in [0.29, 0.717) is 0 Å². The molecule has 0 radical (unpaired) electrons. The highest BCUT2D eigenvalue weighted by molar-refractivity contribution is 6.78. The van der Waals surface area contributed by atoms with E-state index in [2.05, 4.69) is 20.0 Å². The van der Waals surface area contributed by atoms with E-state index in [9.17, 15) is 0 Å². The van der Waals surface area contributed by atoms with Crippen LogP contribution in [0.5, 0.6) is 0 Å². The zero-order chi connectivity index (χ0) is 6.91. The first-order valence-corrected chi connectivity index (χ1v) is 7.41. The summed E-state index contributed by atoms with van der Waals surface area (Å²) in [7, 11) is -0.694. The van der Waals surface area contributed by atoms with Crippen LogP contribution in [0.3, 0.4) is 0 Å². The summed E-state index contributed by atoms with van der Waals surface area (Å²) >= 11 is 0. The molecule has 0 aliphatic carbocycles. The highest BCUT2D eigenvalue weighted by atomic mass is 28.3. The van der Waals surface area contributed by atoms with Gasteiger partial charge < -0.3 is 0 Å². The molecular weight excluding hydrogens is 151 g/mol. The fourth-order valence-corrected chi connectivity index (χ4v) is 4.31. The van der Waals surface area contributed by atoms with E-state index in [0.717, 1.165) is 5.54 Å². The Balaban J connectivity index is 0.000000810. The van der Waals surface area contributed by atoms with Crippen LogP contribution in [0.25, 0.3) is 0 Å². The lowest BCUT2D eigenvalue weighted by Crippen LogP contribution is -2.33. The number of hydrogen-bond donors (Lipinski definition) is 0. The Labute approximate surface area is 76.5 Å². The number of hydrogen-bond acceptors (Lipinski definition) is 0. The molecule has 1 aliphatic heterocycles. The standard InChI is InChI=1S/C8H18Si.Al.3H/c1-8-6-4-5-7-9(8,2)3;;;;/h8H,4-7H2,1-3H3;;;;. The summed E-state index contributed by atoms with van der Waals surface area (Å²) in [6.45, 7) is 7.53. The Morgan fingerprint density at radius 1 is 1.20 bits per heavy atom. The molecule has 0 N–H and O–H groups in total. The lowest BCUT2D eigenvalue weighted by molar-refractivity contribution is 0.635. The maximum Gasteiger partial charge on any atom is 0.187 e. The van der Waals surface area contributed by atoms with E-state index in [-0.39, 0.29) is 17.4 Å². The second-order valence-corrected chi connectivity index (χ2v) is 9.60. The van der Waals surface area contributed by atoms with E-state index in [1.807, 2.05) is 0 Å². The normalized spacial score (nSPS) is 30.9. The Morgan fingerprint density at radius 2 is 1.80 bits per heavy atom. The third-order valence-electron chi connectivity index (χ3n) is 3.04. The highest BCUT2D eigenvalue weighted by Crippen LogP contribution is 2.36. The molecule has 0 saturated carbocycles. The molecule has 0 spiro atoms. The van der Waals surface area contributed by atoms with Crippen molar-refractivity contribution in [2.45, 2.75) is 50.9 Å². The van der Waals surface area contributed by atoms with Gasteiger partial charge in [0.15, 0.2) is 17.4 Å². The van der Waals surface area contributed by atoms with Gasteiger partial charge in [0, 0.05) is 0 Å². The van der Waals surface area contributed by atoms with Gasteiger partial charge in [0.25, 0.3) is 0 Å². The minimum atomic E-state index is -0.694. The van der Waals surface area contributed by atoms with Crippen LogP contribution in [-0.2, 0) is 0 Å². The van der Waals surface area contributed by atoms with Crippen molar-refractivity contribution in [3.8, 4) is 0 Å². The summed E-state index contributed by atoms with van der Waals surface area (Å²) in [5.41, 5.74) is 1.09. The topological polar surface area (TPSA) is 0 Å². The molecule has 1 aliphatic rings. The molecule has 1 rings (SSSR count). The molecule has 0 amide bonds. The van der Waals surface area contributed by atoms with Crippen molar-refractivity contribution in [2.24, 2.45) is 0 Å². The molecule has 0 aromatic rings. The minimum absolute atomic E-state index is 0. The monoisotopic (exact) mass is 172 g/mol. The molecule has 1 saturated heterocycles. The fourth-order valence-electron chi connectivity index (χ4n) is 1.67. The molecule has 0 aromatic carbocycles. The third kappa shape index (κ3) is 2.42. The summed E-state index contributed by atoms with van der Waals surface area (Å²) in [5, 5.41) is 0. The molecule has 1 fully saturated rings. The molecule has 10 heavy (non-hydrogen) atoms. The summed E-state index contributed by atoms with van der Waals surface area (Å²) in [5.74, 6) is 0. The van der Waals surface area contributed by atoms with Crippen LogP contribution >= 0.6 is 0 Å². The van der Waals surface area contributed by atoms with Crippen molar-refractivity contribution in [3.05, 3.63) is 0 Å². The molecule has 1 atom stereocenters. The SMILES string of the molecule is CC1CCCC[Si]1(C)C.[AlH3]. The molecule has 0 bridgehead atoms. The van der Waals surface area contributed by atoms with Crippen molar-refractivity contribution in [1.82, 2.24) is 0 Å². The molecule has 60 valence electrons. The maximum absolute atomic E-state index is 2.54. The maximum atomic E-state index is 2.54. The molecule has 2 heteroatoms. The van der Waals surface area contributed by atoms with E-state index in [1.165, 1.54) is 19.3 Å². The van der Waals surface area contributed by atoms with Crippen molar-refractivity contribution < 1.29 is 0 Å². The molecule has 1 unspecified atom stereocenters. The minimum Gasteiger partial charge on any atom is -0.0692 e. The largest absolute Gasteiger partial charge is 0.187 e. The molecule has 0 aromatic heterocycles. The van der Waals surface area contributed by atoms with Crippen LogP contribution in [0.1, 0.15) is 26.2 Å². The predicted molar refractivity (Wildman–Crippen MR) is 55.5 cm³/mol. The van der Waals surface area contributed by atoms with Gasteiger partial charge >= 0.3 is 0 Å². The van der Waals surface area contributed by atoms with Crippen molar-refractivity contribution >= 4 is 25.4 Å². The quantitative estimate of drug-likeness (QED) is 0.491. The van der Waals surface area contributed by atoms with E-state index < -0.39 is 8.07 Å². The van der Waals surface area contributed by atoms with Gasteiger partial charge in [-0.1, -0.05) is 45.3 Å². The van der Waals surface area contributed by atoms with E-state index >= 15 is 0 Å². The first kappa shape index (κ1) is 10.7. The van der Waals surface area contributed by atoms with Crippen LogP contribution in [0.4, 0.5) is 0 Å². The van der Waals surface area contributed by atoms with E-state index in [4.69, 9.17) is 0 Å². The zero-order valence-electron chi connectivity index (χ0n) is 6.91. The average Bonchev–Trinajstić information content (AvgIpc) is 1.77. The third-order valence-corrected chi connectivity index (χ3v) is 7.64. The number of rotatable bonds is 0. The van der Waals surface area contributed by atoms with Crippen molar-refractivity contribution in [1.29, 1.82) is 0 Å². The van der Waals surface area contributed by atoms with Gasteiger partial charge in [-0.05, 0) is 5.54 Å². The van der Waals surface area contributed by atoms with Crippen LogP contribution in [0, 0.1) is 0 Å². The highest BCUT2D eigenvalue weighted by Gasteiger charge is 2.30. The first-order chi connectivity index (χ1) is 4.13. The Hall–Kier alpha value is 0.749. The van der Waals surface area contributed by atoms with Crippen molar-refractivity contribution in [3.63, 3.8) is 0 Å². The summed E-state index contributed by atoms with van der Waals surface area (Å²) in [4.78, 5) is 0. The van der Waals surface area contributed by atoms with Gasteiger partial charge in [-0.2, -0.15) is 0 Å². The molecule has 1 heterocycles. The predicted octanol–water partition coefficient (Wildman–Crippen LogP) is 2.08. The average molecular weight is 172 g/mol. The van der Waals surface area contributed by atoms with Gasteiger partial charge in [-0.15, -0.1) is 0 Å². The fraction of sp³-hybridized carbons (Fsp3) is 1.00. The summed E-state index contributed by atoms with van der Waals surface area (Å²) in [6.07, 6.45) is 4.53. The van der Waals surface area contributed by atoms with Gasteiger partial charge in [0.05, 0.1) is 8.07 Å². The molecular formula is C8H21AlSi. The van der Waals surface area contributed by atoms with Gasteiger partial charge in [-0.25, -0.2) is 0 Å².